The summed E-state index contributed by atoms with van der Waals surface area (Å²) in [6.45, 7) is 6.12. The number of ketones is 1. The Morgan fingerprint density at radius 3 is 2.74 bits per heavy atom. The molecule has 0 bridgehead atoms. The van der Waals surface area contributed by atoms with E-state index in [1.165, 1.54) is 0 Å². The van der Waals surface area contributed by atoms with Gasteiger partial charge in [0.25, 0.3) is 0 Å². The number of aryl methyl sites for hydroxylation is 1. The summed E-state index contributed by atoms with van der Waals surface area (Å²) in [5.41, 5.74) is 2.19. The van der Waals surface area contributed by atoms with E-state index >= 15 is 0 Å². The van der Waals surface area contributed by atoms with Crippen LogP contribution in [-0.2, 0) is 16.1 Å². The van der Waals surface area contributed by atoms with Crippen molar-refractivity contribution >= 4 is 23.4 Å². The van der Waals surface area contributed by atoms with Gasteiger partial charge in [0.1, 0.15) is 0 Å². The van der Waals surface area contributed by atoms with Crippen molar-refractivity contribution in [2.75, 3.05) is 0 Å². The zero-order valence-corrected chi connectivity index (χ0v) is 14.0. The third-order valence-corrected chi connectivity index (χ3v) is 4.17. The van der Waals surface area contributed by atoms with Crippen molar-refractivity contribution < 1.29 is 18.7 Å². The predicted molar refractivity (Wildman–Crippen MR) is 84.9 cm³/mol. The Bertz CT molecular complexity index is 772. The second-order valence-corrected chi connectivity index (χ2v) is 6.38. The van der Waals surface area contributed by atoms with E-state index in [0.29, 0.717) is 18.7 Å². The zero-order valence-electron chi connectivity index (χ0n) is 13.3. The largest absolute Gasteiger partial charge is 0.462 e. The molecule has 6 heteroatoms. The molecule has 122 valence electrons. The number of rotatable bonds is 4. The standard InChI is InChI=1S/C17H18ClNO4/c1-9(2)22-17(21)11-6-7-19-12(11)8-10(3)15(19)16(20)13-4-5-14(18)23-13/h4-5,8-9,11H,6-7H2,1-3H3. The number of fused-ring (bicyclic) bond motifs is 1. The first-order valence-electron chi connectivity index (χ1n) is 7.59. The Morgan fingerprint density at radius 1 is 1.39 bits per heavy atom. The van der Waals surface area contributed by atoms with Gasteiger partial charge in [0, 0.05) is 12.2 Å². The van der Waals surface area contributed by atoms with Gasteiger partial charge in [-0.3, -0.25) is 9.59 Å². The van der Waals surface area contributed by atoms with Crippen LogP contribution in [0.2, 0.25) is 5.22 Å². The molecule has 1 unspecified atom stereocenters. The maximum Gasteiger partial charge on any atom is 0.315 e. The van der Waals surface area contributed by atoms with Crippen LogP contribution in [0.5, 0.6) is 0 Å². The molecule has 0 fully saturated rings. The molecule has 0 saturated carbocycles. The van der Waals surface area contributed by atoms with Crippen LogP contribution in [0.3, 0.4) is 0 Å². The van der Waals surface area contributed by atoms with Crippen molar-refractivity contribution in [3.05, 3.63) is 46.1 Å². The highest BCUT2D eigenvalue weighted by molar-refractivity contribution is 6.29. The van der Waals surface area contributed by atoms with Gasteiger partial charge in [-0.2, -0.15) is 0 Å². The number of nitrogens with zero attached hydrogens (tertiary/aromatic N) is 1. The third kappa shape index (κ3) is 2.81. The van der Waals surface area contributed by atoms with Crippen LogP contribution in [-0.4, -0.2) is 22.4 Å². The Labute approximate surface area is 139 Å². The Morgan fingerprint density at radius 2 is 2.13 bits per heavy atom. The van der Waals surface area contributed by atoms with E-state index in [4.69, 9.17) is 20.8 Å². The molecule has 1 aliphatic rings. The first-order chi connectivity index (χ1) is 10.9. The summed E-state index contributed by atoms with van der Waals surface area (Å²) in [4.78, 5) is 24.9. The van der Waals surface area contributed by atoms with E-state index in [2.05, 4.69) is 0 Å². The summed E-state index contributed by atoms with van der Waals surface area (Å²) in [6.07, 6.45) is 0.486. The first-order valence-corrected chi connectivity index (χ1v) is 7.97. The van der Waals surface area contributed by atoms with Gasteiger partial charge in [-0.15, -0.1) is 0 Å². The number of esters is 1. The molecule has 3 rings (SSSR count). The van der Waals surface area contributed by atoms with Crippen molar-refractivity contribution in [2.24, 2.45) is 0 Å². The number of carbonyl (C=O) groups excluding carboxylic acids is 2. The second-order valence-electron chi connectivity index (χ2n) is 6.01. The summed E-state index contributed by atoms with van der Waals surface area (Å²) in [5, 5.41) is 0.178. The fourth-order valence-electron chi connectivity index (χ4n) is 3.05. The van der Waals surface area contributed by atoms with E-state index < -0.39 is 0 Å². The third-order valence-electron chi connectivity index (χ3n) is 3.97. The minimum absolute atomic E-state index is 0.154. The normalized spacial score (nSPS) is 16.7. The summed E-state index contributed by atoms with van der Waals surface area (Å²) in [7, 11) is 0. The molecule has 23 heavy (non-hydrogen) atoms. The number of hydrogen-bond acceptors (Lipinski definition) is 4. The SMILES string of the molecule is Cc1cc2n(c1C(=O)c1ccc(Cl)o1)CCC2C(=O)OC(C)C. The summed E-state index contributed by atoms with van der Waals surface area (Å²) in [5.74, 6) is -0.583. The molecule has 0 amide bonds. The van der Waals surface area contributed by atoms with Crippen LogP contribution in [0.1, 0.15) is 53.7 Å². The number of aromatic nitrogens is 1. The van der Waals surface area contributed by atoms with Gasteiger partial charge in [0.2, 0.25) is 5.78 Å². The number of carbonyl (C=O) groups is 2. The number of ether oxygens (including phenoxy) is 1. The fraction of sp³-hybridized carbons (Fsp3) is 0.412. The van der Waals surface area contributed by atoms with Gasteiger partial charge in [-0.05, 0) is 62.6 Å². The Kier molecular flexibility index (Phi) is 4.06. The fourth-order valence-corrected chi connectivity index (χ4v) is 3.20. The lowest BCUT2D eigenvalue weighted by Crippen LogP contribution is -2.18. The molecule has 1 aliphatic heterocycles. The summed E-state index contributed by atoms with van der Waals surface area (Å²) in [6, 6.07) is 4.99. The van der Waals surface area contributed by atoms with Crippen LogP contribution in [0.4, 0.5) is 0 Å². The van der Waals surface area contributed by atoms with Crippen molar-refractivity contribution in [3.63, 3.8) is 0 Å². The summed E-state index contributed by atoms with van der Waals surface area (Å²) < 4.78 is 12.4. The highest BCUT2D eigenvalue weighted by Crippen LogP contribution is 2.35. The monoisotopic (exact) mass is 335 g/mol. The van der Waals surface area contributed by atoms with Crippen molar-refractivity contribution in [3.8, 4) is 0 Å². The van der Waals surface area contributed by atoms with Gasteiger partial charge < -0.3 is 13.7 Å². The highest BCUT2D eigenvalue weighted by Gasteiger charge is 2.35. The van der Waals surface area contributed by atoms with Gasteiger partial charge in [-0.25, -0.2) is 0 Å². The molecule has 0 saturated heterocycles. The molecule has 0 aliphatic carbocycles. The highest BCUT2D eigenvalue weighted by atomic mass is 35.5. The van der Waals surface area contributed by atoms with Gasteiger partial charge >= 0.3 is 5.97 Å². The lowest BCUT2D eigenvalue weighted by atomic mass is 10.0. The maximum absolute atomic E-state index is 12.7. The van der Waals surface area contributed by atoms with E-state index in [0.717, 1.165) is 11.3 Å². The minimum Gasteiger partial charge on any atom is -0.462 e. The molecule has 2 aromatic heterocycles. The predicted octanol–water partition coefficient (Wildman–Crippen LogP) is 3.71. The van der Waals surface area contributed by atoms with E-state index in [1.54, 1.807) is 12.1 Å². The van der Waals surface area contributed by atoms with Crippen LogP contribution in [0.15, 0.2) is 22.6 Å². The van der Waals surface area contributed by atoms with E-state index in [-0.39, 0.29) is 34.8 Å². The molecule has 0 aromatic carbocycles. The quantitative estimate of drug-likeness (QED) is 0.631. The lowest BCUT2D eigenvalue weighted by Gasteiger charge is -2.12. The number of hydrogen-bond donors (Lipinski definition) is 0. The molecular weight excluding hydrogens is 318 g/mol. The van der Waals surface area contributed by atoms with E-state index in [1.807, 2.05) is 31.4 Å². The smallest absolute Gasteiger partial charge is 0.315 e. The molecule has 0 N–H and O–H groups in total. The molecule has 5 nitrogen and oxygen atoms in total. The molecule has 0 spiro atoms. The van der Waals surface area contributed by atoms with Crippen LogP contribution < -0.4 is 0 Å². The van der Waals surface area contributed by atoms with Crippen LogP contribution >= 0.6 is 11.6 Å². The Balaban J connectivity index is 1.94. The van der Waals surface area contributed by atoms with Crippen molar-refractivity contribution in [2.45, 2.75) is 45.8 Å². The Hall–Kier alpha value is -2.01. The topological polar surface area (TPSA) is 61.4 Å². The lowest BCUT2D eigenvalue weighted by molar-refractivity contribution is -0.149. The maximum atomic E-state index is 12.7. The first kappa shape index (κ1) is 15.9. The molecule has 2 aromatic rings. The molecule has 0 radical (unpaired) electrons. The number of halogens is 1. The van der Waals surface area contributed by atoms with Crippen molar-refractivity contribution in [1.82, 2.24) is 4.57 Å². The molecular formula is C17H18ClNO4. The molecule has 3 heterocycles. The van der Waals surface area contributed by atoms with Gasteiger partial charge in [0.15, 0.2) is 11.0 Å². The van der Waals surface area contributed by atoms with Gasteiger partial charge in [-0.1, -0.05) is 0 Å². The minimum atomic E-state index is -0.321. The van der Waals surface area contributed by atoms with E-state index in [9.17, 15) is 9.59 Å². The van der Waals surface area contributed by atoms with Gasteiger partial charge in [0.05, 0.1) is 17.7 Å². The zero-order chi connectivity index (χ0) is 16.7. The number of furan rings is 1. The van der Waals surface area contributed by atoms with Crippen LogP contribution in [0.25, 0.3) is 0 Å². The second kappa shape index (κ2) is 5.89. The van der Waals surface area contributed by atoms with Crippen molar-refractivity contribution in [1.29, 1.82) is 0 Å². The van der Waals surface area contributed by atoms with Crippen LogP contribution in [0, 0.1) is 6.92 Å². The molecule has 1 atom stereocenters. The summed E-state index contributed by atoms with van der Waals surface area (Å²) >= 11 is 5.75. The average molecular weight is 336 g/mol. The average Bonchev–Trinajstić information content (AvgIpc) is 3.12.